The Morgan fingerprint density at radius 2 is 2.38 bits per heavy atom. The van der Waals surface area contributed by atoms with E-state index in [0.717, 1.165) is 0 Å². The van der Waals surface area contributed by atoms with Gasteiger partial charge in [0, 0.05) is 19.3 Å². The predicted octanol–water partition coefficient (Wildman–Crippen LogP) is 0.357. The van der Waals surface area contributed by atoms with Crippen LogP contribution in [0.4, 0.5) is 5.69 Å². The van der Waals surface area contributed by atoms with Crippen LogP contribution in [0.1, 0.15) is 12.6 Å². The Hall–Kier alpha value is -1.62. The molecule has 0 saturated carbocycles. The van der Waals surface area contributed by atoms with Crippen molar-refractivity contribution in [2.45, 2.75) is 19.4 Å². The number of ether oxygens (including phenoxy) is 1. The van der Waals surface area contributed by atoms with Crippen molar-refractivity contribution in [3.63, 3.8) is 0 Å². The number of carbonyl (C=O) groups is 1. The van der Waals surface area contributed by atoms with Crippen molar-refractivity contribution in [3.05, 3.63) is 24.0 Å². The zero-order valence-corrected chi connectivity index (χ0v) is 9.56. The van der Waals surface area contributed by atoms with E-state index in [1.165, 1.54) is 0 Å². The predicted molar refractivity (Wildman–Crippen MR) is 61.8 cm³/mol. The normalized spacial score (nSPS) is 12.1. The molecule has 0 aromatic carbocycles. The van der Waals surface area contributed by atoms with Crippen molar-refractivity contribution in [2.75, 3.05) is 19.4 Å². The Labute approximate surface area is 95.0 Å². The lowest BCUT2D eigenvalue weighted by molar-refractivity contribution is -0.121. The molecule has 0 aliphatic heterocycles. The SMILES string of the molecule is COC(C)CNC(=O)Cc1ccc(N)cn1. The fourth-order valence-electron chi connectivity index (χ4n) is 1.11. The molecular formula is C11H17N3O2. The highest BCUT2D eigenvalue weighted by Gasteiger charge is 2.06. The second-order valence-corrected chi connectivity index (χ2v) is 3.61. The molecule has 5 heteroatoms. The number of carbonyl (C=O) groups excluding carboxylic acids is 1. The van der Waals surface area contributed by atoms with Crippen LogP contribution in [0.5, 0.6) is 0 Å². The summed E-state index contributed by atoms with van der Waals surface area (Å²) in [5, 5.41) is 2.76. The molecule has 1 aromatic heterocycles. The van der Waals surface area contributed by atoms with Crippen LogP contribution in [0, 0.1) is 0 Å². The van der Waals surface area contributed by atoms with E-state index in [0.29, 0.717) is 17.9 Å². The van der Waals surface area contributed by atoms with Gasteiger partial charge in [-0.05, 0) is 19.1 Å². The van der Waals surface area contributed by atoms with Crippen molar-refractivity contribution in [3.8, 4) is 0 Å². The molecule has 0 spiro atoms. The molecule has 1 rings (SSSR count). The van der Waals surface area contributed by atoms with Gasteiger partial charge in [-0.1, -0.05) is 0 Å². The van der Waals surface area contributed by atoms with Crippen molar-refractivity contribution >= 4 is 11.6 Å². The summed E-state index contributed by atoms with van der Waals surface area (Å²) in [5.74, 6) is -0.0684. The van der Waals surface area contributed by atoms with Crippen LogP contribution in [0.3, 0.4) is 0 Å². The lowest BCUT2D eigenvalue weighted by atomic mass is 10.2. The monoisotopic (exact) mass is 223 g/mol. The number of pyridine rings is 1. The van der Waals surface area contributed by atoms with Gasteiger partial charge in [-0.2, -0.15) is 0 Å². The molecule has 0 radical (unpaired) electrons. The van der Waals surface area contributed by atoms with Crippen LogP contribution in [-0.2, 0) is 16.0 Å². The maximum Gasteiger partial charge on any atom is 0.226 e. The molecule has 5 nitrogen and oxygen atoms in total. The fourth-order valence-corrected chi connectivity index (χ4v) is 1.11. The third kappa shape index (κ3) is 4.27. The van der Waals surface area contributed by atoms with Crippen LogP contribution >= 0.6 is 0 Å². The maximum atomic E-state index is 11.5. The van der Waals surface area contributed by atoms with Crippen molar-refractivity contribution in [1.29, 1.82) is 0 Å². The Morgan fingerprint density at radius 3 is 2.94 bits per heavy atom. The molecule has 1 amide bonds. The van der Waals surface area contributed by atoms with E-state index in [2.05, 4.69) is 10.3 Å². The van der Waals surface area contributed by atoms with Crippen LogP contribution in [-0.4, -0.2) is 30.6 Å². The first kappa shape index (κ1) is 12.4. The average molecular weight is 223 g/mol. The molecule has 0 bridgehead atoms. The summed E-state index contributed by atoms with van der Waals surface area (Å²) >= 11 is 0. The highest BCUT2D eigenvalue weighted by Crippen LogP contribution is 2.01. The van der Waals surface area contributed by atoms with E-state index < -0.39 is 0 Å². The third-order valence-electron chi connectivity index (χ3n) is 2.18. The average Bonchev–Trinajstić information content (AvgIpc) is 2.29. The number of hydrogen-bond acceptors (Lipinski definition) is 4. The Bertz CT molecular complexity index is 338. The maximum absolute atomic E-state index is 11.5. The molecule has 16 heavy (non-hydrogen) atoms. The topological polar surface area (TPSA) is 77.2 Å². The first-order chi connectivity index (χ1) is 7.61. The minimum absolute atomic E-state index is 0.0170. The molecule has 88 valence electrons. The lowest BCUT2D eigenvalue weighted by Crippen LogP contribution is -2.32. The molecule has 0 aliphatic carbocycles. The van der Waals surface area contributed by atoms with Gasteiger partial charge in [0.2, 0.25) is 5.91 Å². The van der Waals surface area contributed by atoms with E-state index in [1.54, 1.807) is 25.4 Å². The van der Waals surface area contributed by atoms with Gasteiger partial charge >= 0.3 is 0 Å². The van der Waals surface area contributed by atoms with Gasteiger partial charge in [0.25, 0.3) is 0 Å². The number of nitrogens with two attached hydrogens (primary N) is 1. The van der Waals surface area contributed by atoms with Crippen LogP contribution in [0.2, 0.25) is 0 Å². The van der Waals surface area contributed by atoms with Crippen LogP contribution in [0.25, 0.3) is 0 Å². The molecule has 1 unspecified atom stereocenters. The Balaban J connectivity index is 2.37. The molecule has 3 N–H and O–H groups in total. The molecule has 1 aromatic rings. The second-order valence-electron chi connectivity index (χ2n) is 3.61. The second kappa shape index (κ2) is 6.07. The molecular weight excluding hydrogens is 206 g/mol. The van der Waals surface area contributed by atoms with E-state index in [1.807, 2.05) is 6.92 Å². The van der Waals surface area contributed by atoms with Gasteiger partial charge < -0.3 is 15.8 Å². The summed E-state index contributed by atoms with van der Waals surface area (Å²) in [7, 11) is 1.61. The quantitative estimate of drug-likeness (QED) is 0.755. The van der Waals surface area contributed by atoms with E-state index in [4.69, 9.17) is 10.5 Å². The van der Waals surface area contributed by atoms with E-state index in [9.17, 15) is 4.79 Å². The van der Waals surface area contributed by atoms with Gasteiger partial charge in [-0.15, -0.1) is 0 Å². The largest absolute Gasteiger partial charge is 0.397 e. The van der Waals surface area contributed by atoms with Crippen molar-refractivity contribution in [2.24, 2.45) is 0 Å². The third-order valence-corrected chi connectivity index (χ3v) is 2.18. The van der Waals surface area contributed by atoms with Gasteiger partial charge in [0.05, 0.1) is 24.4 Å². The summed E-state index contributed by atoms with van der Waals surface area (Å²) in [6.45, 7) is 2.39. The summed E-state index contributed by atoms with van der Waals surface area (Å²) < 4.78 is 5.02. The summed E-state index contributed by atoms with van der Waals surface area (Å²) in [6.07, 6.45) is 1.82. The van der Waals surface area contributed by atoms with Crippen LogP contribution in [0.15, 0.2) is 18.3 Å². The smallest absolute Gasteiger partial charge is 0.226 e. The van der Waals surface area contributed by atoms with Crippen LogP contribution < -0.4 is 11.1 Å². The highest BCUT2D eigenvalue weighted by atomic mass is 16.5. The van der Waals surface area contributed by atoms with Gasteiger partial charge in [0.15, 0.2) is 0 Å². The molecule has 0 aliphatic rings. The Kier molecular flexibility index (Phi) is 4.72. The Morgan fingerprint density at radius 1 is 1.62 bits per heavy atom. The number of amides is 1. The summed E-state index contributed by atoms with van der Waals surface area (Å²) in [6, 6.07) is 3.47. The number of hydrogen-bond donors (Lipinski definition) is 2. The van der Waals surface area contributed by atoms with Gasteiger partial charge in [0.1, 0.15) is 0 Å². The van der Waals surface area contributed by atoms with E-state index >= 15 is 0 Å². The lowest BCUT2D eigenvalue weighted by Gasteiger charge is -2.10. The molecule has 0 saturated heterocycles. The van der Waals surface area contributed by atoms with Gasteiger partial charge in [-0.25, -0.2) is 0 Å². The van der Waals surface area contributed by atoms with Gasteiger partial charge in [-0.3, -0.25) is 9.78 Å². The number of anilines is 1. The minimum atomic E-state index is -0.0684. The first-order valence-corrected chi connectivity index (χ1v) is 5.11. The van der Waals surface area contributed by atoms with Crippen molar-refractivity contribution < 1.29 is 9.53 Å². The number of nitrogens with one attached hydrogen (secondary N) is 1. The number of nitrogen functional groups attached to an aromatic ring is 1. The fraction of sp³-hybridized carbons (Fsp3) is 0.455. The molecule has 1 heterocycles. The standard InChI is InChI=1S/C11H17N3O2/c1-8(16-2)6-14-11(15)5-10-4-3-9(12)7-13-10/h3-4,7-8H,5-6,12H2,1-2H3,(H,14,15). The minimum Gasteiger partial charge on any atom is -0.397 e. The number of nitrogens with zero attached hydrogens (tertiary/aromatic N) is 1. The summed E-state index contributed by atoms with van der Waals surface area (Å²) in [5.41, 5.74) is 6.79. The summed E-state index contributed by atoms with van der Waals surface area (Å²) in [4.78, 5) is 15.5. The zero-order chi connectivity index (χ0) is 12.0. The highest BCUT2D eigenvalue weighted by molar-refractivity contribution is 5.78. The molecule has 0 fully saturated rings. The first-order valence-electron chi connectivity index (χ1n) is 5.11. The number of rotatable bonds is 5. The van der Waals surface area contributed by atoms with Crippen molar-refractivity contribution in [1.82, 2.24) is 10.3 Å². The van der Waals surface area contributed by atoms with E-state index in [-0.39, 0.29) is 18.4 Å². The number of methoxy groups -OCH3 is 1. The zero-order valence-electron chi connectivity index (χ0n) is 9.56. The number of aromatic nitrogens is 1. The molecule has 1 atom stereocenters.